The summed E-state index contributed by atoms with van der Waals surface area (Å²) in [7, 11) is 0. The summed E-state index contributed by atoms with van der Waals surface area (Å²) in [5, 5.41) is 6.35. The minimum absolute atomic E-state index is 1.03. The number of aromatic nitrogens is 1. The van der Waals surface area contributed by atoms with Crippen molar-refractivity contribution in [2.45, 2.75) is 6.92 Å². The molecule has 0 radical (unpaired) electrons. The number of rotatable bonds is 3. The first-order chi connectivity index (χ1) is 21.3. The van der Waals surface area contributed by atoms with Crippen LogP contribution >= 0.6 is 0 Å². The lowest BCUT2D eigenvalue weighted by Gasteiger charge is -2.20. The lowest BCUT2D eigenvalue weighted by molar-refractivity contribution is 1.26. The Kier molecular flexibility index (Phi) is 5.18. The zero-order chi connectivity index (χ0) is 28.5. The molecular weight excluding hydrogens is 518 g/mol. The number of hydrogen-bond acceptors (Lipinski definition) is 1. The van der Waals surface area contributed by atoms with Crippen molar-refractivity contribution in [3.8, 4) is 55.6 Å². The van der Waals surface area contributed by atoms with Crippen molar-refractivity contribution in [3.63, 3.8) is 0 Å². The van der Waals surface area contributed by atoms with Crippen LogP contribution in [-0.2, 0) is 0 Å². The minimum Gasteiger partial charge on any atom is -0.253 e. The van der Waals surface area contributed by atoms with E-state index in [1.54, 1.807) is 0 Å². The molecule has 1 aliphatic carbocycles. The van der Waals surface area contributed by atoms with Gasteiger partial charge in [0.25, 0.3) is 0 Å². The SMILES string of the molecule is Cc1cc(-c2cc3c4c(cccc4c2)-c2c-3c(-c3ccccc3)c3ccccc3c2-c2ccccc2)c2ccccc2n1. The van der Waals surface area contributed by atoms with Crippen LogP contribution in [0.15, 0.2) is 146 Å². The molecule has 1 aromatic heterocycles. The average molecular weight is 546 g/mol. The lowest BCUT2D eigenvalue weighted by atomic mass is 9.82. The predicted molar refractivity (Wildman–Crippen MR) is 182 cm³/mol. The zero-order valence-corrected chi connectivity index (χ0v) is 23.8. The molecule has 0 aliphatic heterocycles. The summed E-state index contributed by atoms with van der Waals surface area (Å²) in [6.07, 6.45) is 0. The Bertz CT molecular complexity index is 2380. The summed E-state index contributed by atoms with van der Waals surface area (Å²) in [6.45, 7) is 2.09. The standard InChI is InChI=1S/C42H27N/c1-26-23-35(31-18-10-11-22-37(31)43-26)30-24-29-17-12-21-34-38(29)36(25-30)42-40(28-15-6-3-7-16-28)33-20-9-8-19-32(33)39(41(34)42)27-13-4-2-5-14-27/h2-25H,1H3. The molecule has 0 bridgehead atoms. The molecule has 0 N–H and O–H groups in total. The van der Waals surface area contributed by atoms with E-state index < -0.39 is 0 Å². The number of fused-ring (bicyclic) bond motifs is 5. The first kappa shape index (κ1) is 24.1. The Morgan fingerprint density at radius 1 is 0.395 bits per heavy atom. The zero-order valence-electron chi connectivity index (χ0n) is 23.8. The molecule has 0 atom stereocenters. The van der Waals surface area contributed by atoms with Crippen molar-refractivity contribution in [1.82, 2.24) is 4.98 Å². The third-order valence-electron chi connectivity index (χ3n) is 9.01. The molecule has 0 amide bonds. The molecule has 0 spiro atoms. The first-order valence-electron chi connectivity index (χ1n) is 14.9. The molecule has 0 unspecified atom stereocenters. The Morgan fingerprint density at radius 2 is 0.977 bits per heavy atom. The van der Waals surface area contributed by atoms with Gasteiger partial charge in [-0.2, -0.15) is 0 Å². The Morgan fingerprint density at radius 3 is 1.65 bits per heavy atom. The van der Waals surface area contributed by atoms with Gasteiger partial charge in [-0.05, 0) is 108 Å². The van der Waals surface area contributed by atoms with E-state index in [9.17, 15) is 0 Å². The van der Waals surface area contributed by atoms with Crippen molar-refractivity contribution in [2.75, 3.05) is 0 Å². The van der Waals surface area contributed by atoms with Crippen molar-refractivity contribution >= 4 is 32.4 Å². The average Bonchev–Trinajstić information content (AvgIpc) is 3.38. The number of nitrogens with zero attached hydrogens (tertiary/aromatic N) is 1. The second-order valence-electron chi connectivity index (χ2n) is 11.5. The summed E-state index contributed by atoms with van der Waals surface area (Å²) in [4.78, 5) is 4.85. The lowest BCUT2D eigenvalue weighted by Crippen LogP contribution is -1.93. The van der Waals surface area contributed by atoms with Crippen molar-refractivity contribution in [1.29, 1.82) is 0 Å². The molecule has 7 aromatic carbocycles. The van der Waals surface area contributed by atoms with E-state index in [4.69, 9.17) is 4.98 Å². The fourth-order valence-corrected chi connectivity index (χ4v) is 7.32. The van der Waals surface area contributed by atoms with E-state index in [1.165, 1.54) is 82.6 Å². The van der Waals surface area contributed by atoms with E-state index in [1.807, 2.05) is 0 Å². The molecule has 1 aliphatic rings. The van der Waals surface area contributed by atoms with E-state index in [0.717, 1.165) is 11.2 Å². The summed E-state index contributed by atoms with van der Waals surface area (Å²) in [6, 6.07) is 53.2. The predicted octanol–water partition coefficient (Wildman–Crippen LogP) is 11.5. The highest BCUT2D eigenvalue weighted by Crippen LogP contribution is 2.58. The summed E-state index contributed by atoms with van der Waals surface area (Å²) in [5.41, 5.74) is 14.9. The van der Waals surface area contributed by atoms with Crippen LogP contribution in [-0.4, -0.2) is 4.98 Å². The number of pyridine rings is 1. The fraction of sp³-hybridized carbons (Fsp3) is 0.0238. The number of benzene rings is 7. The summed E-state index contributed by atoms with van der Waals surface area (Å²) >= 11 is 0. The van der Waals surface area contributed by atoms with E-state index in [2.05, 4.69) is 153 Å². The van der Waals surface area contributed by atoms with Crippen LogP contribution in [0.1, 0.15) is 5.69 Å². The third-order valence-corrected chi connectivity index (χ3v) is 9.01. The minimum atomic E-state index is 1.03. The number of para-hydroxylation sites is 1. The van der Waals surface area contributed by atoms with Gasteiger partial charge in [0, 0.05) is 11.1 Å². The number of aryl methyl sites for hydroxylation is 1. The second kappa shape index (κ2) is 9.24. The van der Waals surface area contributed by atoms with Gasteiger partial charge in [-0.15, -0.1) is 0 Å². The van der Waals surface area contributed by atoms with Crippen LogP contribution in [0.5, 0.6) is 0 Å². The maximum atomic E-state index is 4.85. The van der Waals surface area contributed by atoms with Crippen molar-refractivity contribution in [2.24, 2.45) is 0 Å². The molecule has 9 rings (SSSR count). The van der Waals surface area contributed by atoms with E-state index >= 15 is 0 Å². The van der Waals surface area contributed by atoms with Gasteiger partial charge in [0.05, 0.1) is 5.52 Å². The summed E-state index contributed by atoms with van der Waals surface area (Å²) in [5.74, 6) is 0. The van der Waals surface area contributed by atoms with Gasteiger partial charge < -0.3 is 0 Å². The van der Waals surface area contributed by atoms with Gasteiger partial charge in [0.15, 0.2) is 0 Å². The Balaban J connectivity index is 1.48. The highest BCUT2D eigenvalue weighted by Gasteiger charge is 2.31. The Labute approximate surface area is 250 Å². The molecule has 0 saturated heterocycles. The molecule has 1 nitrogen and oxygen atoms in total. The van der Waals surface area contributed by atoms with Gasteiger partial charge in [-0.3, -0.25) is 4.98 Å². The Hall–Kier alpha value is -5.53. The third kappa shape index (κ3) is 3.55. The normalized spacial score (nSPS) is 11.8. The molecule has 1 heterocycles. The molecule has 200 valence electrons. The quantitative estimate of drug-likeness (QED) is 0.215. The first-order valence-corrected chi connectivity index (χ1v) is 14.9. The topological polar surface area (TPSA) is 12.9 Å². The van der Waals surface area contributed by atoms with Gasteiger partial charge in [-0.1, -0.05) is 121 Å². The summed E-state index contributed by atoms with van der Waals surface area (Å²) < 4.78 is 0. The van der Waals surface area contributed by atoms with Crippen molar-refractivity contribution in [3.05, 3.63) is 151 Å². The molecule has 8 aromatic rings. The molecule has 43 heavy (non-hydrogen) atoms. The highest BCUT2D eigenvalue weighted by atomic mass is 14.7. The monoisotopic (exact) mass is 545 g/mol. The maximum Gasteiger partial charge on any atom is 0.0711 e. The van der Waals surface area contributed by atoms with Gasteiger partial charge >= 0.3 is 0 Å². The van der Waals surface area contributed by atoms with E-state index in [0.29, 0.717) is 0 Å². The van der Waals surface area contributed by atoms with E-state index in [-0.39, 0.29) is 0 Å². The van der Waals surface area contributed by atoms with Gasteiger partial charge in [-0.25, -0.2) is 0 Å². The van der Waals surface area contributed by atoms with Gasteiger partial charge in [0.2, 0.25) is 0 Å². The smallest absolute Gasteiger partial charge is 0.0711 e. The van der Waals surface area contributed by atoms with Crippen LogP contribution in [0.3, 0.4) is 0 Å². The van der Waals surface area contributed by atoms with Crippen LogP contribution in [0.25, 0.3) is 88.1 Å². The van der Waals surface area contributed by atoms with Crippen molar-refractivity contribution < 1.29 is 0 Å². The second-order valence-corrected chi connectivity index (χ2v) is 11.5. The van der Waals surface area contributed by atoms with Crippen LogP contribution < -0.4 is 0 Å². The maximum absolute atomic E-state index is 4.85. The van der Waals surface area contributed by atoms with Crippen LogP contribution in [0.2, 0.25) is 0 Å². The van der Waals surface area contributed by atoms with Crippen LogP contribution in [0, 0.1) is 6.92 Å². The largest absolute Gasteiger partial charge is 0.253 e. The highest BCUT2D eigenvalue weighted by molar-refractivity contribution is 6.28. The molecular formula is C42H27N. The molecule has 0 saturated carbocycles. The fourth-order valence-electron chi connectivity index (χ4n) is 7.32. The molecule has 0 fully saturated rings. The molecule has 1 heteroatoms. The number of hydrogen-bond donors (Lipinski definition) is 0. The van der Waals surface area contributed by atoms with Crippen LogP contribution in [0.4, 0.5) is 0 Å². The van der Waals surface area contributed by atoms with Gasteiger partial charge in [0.1, 0.15) is 0 Å².